The van der Waals surface area contributed by atoms with Crippen molar-refractivity contribution in [3.05, 3.63) is 65.7 Å². The first-order valence-electron chi connectivity index (χ1n) is 5.93. The number of nitrogens with two attached hydrogens (primary N) is 1. The van der Waals surface area contributed by atoms with E-state index in [0.717, 1.165) is 6.20 Å². The van der Waals surface area contributed by atoms with Crippen LogP contribution in [0.4, 0.5) is 8.78 Å². The lowest BCUT2D eigenvalue weighted by molar-refractivity contribution is 0.463. The maximum atomic E-state index is 13.6. The van der Waals surface area contributed by atoms with E-state index < -0.39 is 17.7 Å². The van der Waals surface area contributed by atoms with Crippen molar-refractivity contribution in [2.45, 2.75) is 6.04 Å². The van der Waals surface area contributed by atoms with Crippen LogP contribution in [-0.2, 0) is 0 Å². The molecule has 4 nitrogen and oxygen atoms in total. The van der Waals surface area contributed by atoms with E-state index in [9.17, 15) is 8.78 Å². The molecule has 6 heteroatoms. The molecule has 0 bridgehead atoms. The number of aromatic nitrogens is 1. The summed E-state index contributed by atoms with van der Waals surface area (Å²) in [6.45, 7) is 0. The van der Waals surface area contributed by atoms with Crippen LogP contribution < -0.4 is 11.3 Å². The average molecular weight is 275 g/mol. The number of nitrogens with one attached hydrogen (secondary N) is 1. The first-order chi connectivity index (χ1) is 9.69. The van der Waals surface area contributed by atoms with Crippen molar-refractivity contribution in [3.63, 3.8) is 0 Å². The Morgan fingerprint density at radius 1 is 1.20 bits per heavy atom. The Balaban J connectivity index is 2.09. The second-order valence-electron chi connectivity index (χ2n) is 4.34. The quantitative estimate of drug-likeness (QED) is 0.569. The van der Waals surface area contributed by atoms with Gasteiger partial charge < -0.3 is 4.42 Å². The maximum absolute atomic E-state index is 13.6. The molecule has 0 aliphatic heterocycles. The van der Waals surface area contributed by atoms with Gasteiger partial charge in [0.25, 0.3) is 0 Å². The molecule has 0 saturated carbocycles. The third kappa shape index (κ3) is 2.15. The molecule has 2 heterocycles. The molecular weight excluding hydrogens is 264 g/mol. The molecule has 0 amide bonds. The number of furan rings is 1. The zero-order valence-corrected chi connectivity index (χ0v) is 10.3. The van der Waals surface area contributed by atoms with Gasteiger partial charge in [-0.1, -0.05) is 12.1 Å². The van der Waals surface area contributed by atoms with Crippen LogP contribution >= 0.6 is 0 Å². The molecule has 0 spiro atoms. The molecule has 1 unspecified atom stereocenters. The SMILES string of the molecule is NNC(c1cncc(F)c1)c1cc2cccc(F)c2o1. The number of nitrogens with zero attached hydrogens (tertiary/aromatic N) is 1. The highest BCUT2D eigenvalue weighted by atomic mass is 19.1. The van der Waals surface area contributed by atoms with E-state index in [1.54, 1.807) is 18.2 Å². The fourth-order valence-corrected chi connectivity index (χ4v) is 2.12. The molecule has 0 fully saturated rings. The van der Waals surface area contributed by atoms with Crippen molar-refractivity contribution in [2.24, 2.45) is 5.84 Å². The first-order valence-corrected chi connectivity index (χ1v) is 5.93. The van der Waals surface area contributed by atoms with Gasteiger partial charge in [-0.05, 0) is 23.8 Å². The zero-order chi connectivity index (χ0) is 14.1. The smallest absolute Gasteiger partial charge is 0.169 e. The fraction of sp³-hybridized carbons (Fsp3) is 0.0714. The van der Waals surface area contributed by atoms with Crippen LogP contribution in [0.2, 0.25) is 0 Å². The van der Waals surface area contributed by atoms with Crippen LogP contribution in [0.1, 0.15) is 17.4 Å². The number of hydrogen-bond acceptors (Lipinski definition) is 4. The van der Waals surface area contributed by atoms with Crippen molar-refractivity contribution in [1.29, 1.82) is 0 Å². The van der Waals surface area contributed by atoms with E-state index >= 15 is 0 Å². The van der Waals surface area contributed by atoms with Crippen molar-refractivity contribution in [1.82, 2.24) is 10.4 Å². The van der Waals surface area contributed by atoms with Gasteiger partial charge in [0, 0.05) is 11.6 Å². The van der Waals surface area contributed by atoms with Gasteiger partial charge >= 0.3 is 0 Å². The molecule has 3 aromatic rings. The number of hydrogen-bond donors (Lipinski definition) is 2. The Morgan fingerprint density at radius 3 is 2.75 bits per heavy atom. The van der Waals surface area contributed by atoms with Crippen molar-refractivity contribution in [2.75, 3.05) is 0 Å². The number of halogens is 2. The summed E-state index contributed by atoms with van der Waals surface area (Å²) in [5, 5.41) is 0.615. The van der Waals surface area contributed by atoms with Crippen LogP contribution in [0.15, 0.2) is 47.1 Å². The normalized spacial score (nSPS) is 12.8. The van der Waals surface area contributed by atoms with Crippen LogP contribution in [0.3, 0.4) is 0 Å². The van der Waals surface area contributed by atoms with Crippen molar-refractivity contribution >= 4 is 11.0 Å². The predicted octanol–water partition coefficient (Wildman–Crippen LogP) is 2.66. The first kappa shape index (κ1) is 12.7. The monoisotopic (exact) mass is 275 g/mol. The highest BCUT2D eigenvalue weighted by Gasteiger charge is 2.19. The highest BCUT2D eigenvalue weighted by molar-refractivity contribution is 5.78. The molecule has 0 radical (unpaired) electrons. The van der Waals surface area contributed by atoms with Crippen LogP contribution in [-0.4, -0.2) is 4.98 Å². The lowest BCUT2D eigenvalue weighted by Crippen LogP contribution is -2.28. The van der Waals surface area contributed by atoms with Crippen molar-refractivity contribution in [3.8, 4) is 0 Å². The number of rotatable bonds is 3. The summed E-state index contributed by atoms with van der Waals surface area (Å²) in [4.78, 5) is 3.76. The predicted molar refractivity (Wildman–Crippen MR) is 69.5 cm³/mol. The van der Waals surface area contributed by atoms with Gasteiger partial charge in [0.1, 0.15) is 17.6 Å². The summed E-state index contributed by atoms with van der Waals surface area (Å²) < 4.78 is 32.3. The molecule has 2 aromatic heterocycles. The fourth-order valence-electron chi connectivity index (χ4n) is 2.12. The largest absolute Gasteiger partial charge is 0.456 e. The molecule has 20 heavy (non-hydrogen) atoms. The summed E-state index contributed by atoms with van der Waals surface area (Å²) in [6, 6.07) is 6.97. The van der Waals surface area contributed by atoms with Gasteiger partial charge in [-0.15, -0.1) is 0 Å². The van der Waals surface area contributed by atoms with E-state index in [-0.39, 0.29) is 5.58 Å². The van der Waals surface area contributed by atoms with Gasteiger partial charge in [0.15, 0.2) is 11.4 Å². The minimum absolute atomic E-state index is 0.145. The lowest BCUT2D eigenvalue weighted by atomic mass is 10.1. The van der Waals surface area contributed by atoms with E-state index in [1.165, 1.54) is 18.3 Å². The molecule has 3 N–H and O–H groups in total. The molecule has 0 aliphatic rings. The van der Waals surface area contributed by atoms with E-state index in [2.05, 4.69) is 10.4 Å². The van der Waals surface area contributed by atoms with Crippen LogP contribution in [0.25, 0.3) is 11.0 Å². The lowest BCUT2D eigenvalue weighted by Gasteiger charge is -2.12. The van der Waals surface area contributed by atoms with E-state index in [4.69, 9.17) is 10.3 Å². The minimum atomic E-state index is -0.606. The Labute approximate surface area is 113 Å². The zero-order valence-electron chi connectivity index (χ0n) is 10.3. The summed E-state index contributed by atoms with van der Waals surface area (Å²) in [6.07, 6.45) is 2.56. The highest BCUT2D eigenvalue weighted by Crippen LogP contribution is 2.29. The van der Waals surface area contributed by atoms with Crippen molar-refractivity contribution < 1.29 is 13.2 Å². The Kier molecular flexibility index (Phi) is 3.17. The number of pyridine rings is 1. The Hall–Kier alpha value is -2.31. The number of fused-ring (bicyclic) bond motifs is 1. The summed E-state index contributed by atoms with van der Waals surface area (Å²) in [7, 11) is 0. The molecule has 0 saturated heterocycles. The Bertz CT molecular complexity index is 757. The summed E-state index contributed by atoms with van der Waals surface area (Å²) in [5.74, 6) is 4.94. The summed E-state index contributed by atoms with van der Waals surface area (Å²) in [5.41, 5.74) is 3.16. The van der Waals surface area contributed by atoms with Gasteiger partial charge in [-0.2, -0.15) is 0 Å². The minimum Gasteiger partial charge on any atom is -0.456 e. The van der Waals surface area contributed by atoms with Gasteiger partial charge in [0.05, 0.1) is 6.20 Å². The van der Waals surface area contributed by atoms with Gasteiger partial charge in [-0.3, -0.25) is 10.8 Å². The van der Waals surface area contributed by atoms with E-state index in [0.29, 0.717) is 16.7 Å². The molecule has 1 atom stereocenters. The topological polar surface area (TPSA) is 64.1 Å². The van der Waals surface area contributed by atoms with E-state index in [1.807, 2.05) is 0 Å². The molecule has 1 aromatic carbocycles. The average Bonchev–Trinajstić information content (AvgIpc) is 2.85. The molecule has 3 rings (SSSR count). The molecular formula is C14H11F2N3O. The number of benzene rings is 1. The van der Waals surface area contributed by atoms with Gasteiger partial charge in [-0.25, -0.2) is 14.2 Å². The molecule has 102 valence electrons. The maximum Gasteiger partial charge on any atom is 0.169 e. The number of hydrazine groups is 1. The second kappa shape index (κ2) is 4.99. The summed E-state index contributed by atoms with van der Waals surface area (Å²) >= 11 is 0. The third-order valence-electron chi connectivity index (χ3n) is 3.03. The second-order valence-corrected chi connectivity index (χ2v) is 4.34. The number of para-hydroxylation sites is 1. The Morgan fingerprint density at radius 2 is 2.05 bits per heavy atom. The van der Waals surface area contributed by atoms with Gasteiger partial charge in [0.2, 0.25) is 0 Å². The standard InChI is InChI=1S/C14H11F2N3O/c15-10-4-9(6-18-7-10)13(19-17)12-5-8-2-1-3-11(16)14(8)20-12/h1-7,13,19H,17H2. The molecule has 0 aliphatic carbocycles. The van der Waals surface area contributed by atoms with Crippen LogP contribution in [0, 0.1) is 11.6 Å². The third-order valence-corrected chi connectivity index (χ3v) is 3.03. The van der Waals surface area contributed by atoms with Crippen LogP contribution in [0.5, 0.6) is 0 Å².